The van der Waals surface area contributed by atoms with Gasteiger partial charge in [-0.1, -0.05) is 0 Å². The molecule has 108 valence electrons. The monoisotopic (exact) mass is 302 g/mol. The van der Waals surface area contributed by atoms with Crippen LogP contribution in [0.2, 0.25) is 0 Å². The lowest BCUT2D eigenvalue weighted by atomic mass is 10.3. The molecule has 0 atom stereocenters. The first kappa shape index (κ1) is 14.6. The van der Waals surface area contributed by atoms with Crippen LogP contribution in [0.1, 0.15) is 12.8 Å². The van der Waals surface area contributed by atoms with Crippen LogP contribution in [0.3, 0.4) is 0 Å². The summed E-state index contributed by atoms with van der Waals surface area (Å²) in [5.74, 6) is -3.54. The lowest BCUT2D eigenvalue weighted by Gasteiger charge is -2.04. The van der Waals surface area contributed by atoms with E-state index in [1.807, 2.05) is 5.32 Å². The first-order valence-electron chi connectivity index (χ1n) is 5.92. The molecule has 8 heteroatoms. The zero-order valence-electron chi connectivity index (χ0n) is 10.4. The summed E-state index contributed by atoms with van der Waals surface area (Å²) in [6.45, 7) is 0. The molecule has 1 aliphatic rings. The van der Waals surface area contributed by atoms with Crippen LogP contribution in [0.4, 0.5) is 14.5 Å². The molecule has 0 aromatic heterocycles. The lowest BCUT2D eigenvalue weighted by molar-refractivity contribution is -0.133. The van der Waals surface area contributed by atoms with Gasteiger partial charge in [0.05, 0.1) is 9.73 Å². The molecule has 0 spiro atoms. The van der Waals surface area contributed by atoms with Crippen LogP contribution in [0.5, 0.6) is 0 Å². The molecule has 2 rings (SSSR count). The molecule has 1 aromatic rings. The summed E-state index contributed by atoms with van der Waals surface area (Å²) in [4.78, 5) is 23.1. The Labute approximate surface area is 114 Å². The van der Waals surface area contributed by atoms with E-state index in [0.717, 1.165) is 12.1 Å². The van der Waals surface area contributed by atoms with Gasteiger partial charge >= 0.3 is 11.8 Å². The third-order valence-corrected chi connectivity index (χ3v) is 5.09. The molecule has 1 aromatic carbocycles. The van der Waals surface area contributed by atoms with Gasteiger partial charge < -0.3 is 5.32 Å². The van der Waals surface area contributed by atoms with Gasteiger partial charge in [0, 0.05) is 23.3 Å². The standard InChI is InChI=1S/C12H12F2N2O3S/c13-8-5-9(14)7-10(6-8)15-11(17)12(18)16-20(19)3-1-2-4-20/h5-7H,1-4H2,(H,15,17). The fourth-order valence-corrected chi connectivity index (χ4v) is 3.93. The zero-order chi connectivity index (χ0) is 14.8. The third kappa shape index (κ3) is 3.60. The van der Waals surface area contributed by atoms with Gasteiger partial charge in [0.1, 0.15) is 11.6 Å². The van der Waals surface area contributed by atoms with E-state index in [1.54, 1.807) is 0 Å². The highest BCUT2D eigenvalue weighted by molar-refractivity contribution is 7.94. The number of hydrogen-bond acceptors (Lipinski definition) is 3. The number of carbonyl (C=O) groups excluding carboxylic acids is 2. The van der Waals surface area contributed by atoms with Crippen molar-refractivity contribution < 1.29 is 22.6 Å². The van der Waals surface area contributed by atoms with Crippen molar-refractivity contribution in [3.8, 4) is 0 Å². The van der Waals surface area contributed by atoms with Crippen molar-refractivity contribution in [1.29, 1.82) is 0 Å². The minimum Gasteiger partial charge on any atom is -0.317 e. The van der Waals surface area contributed by atoms with Gasteiger partial charge in [-0.25, -0.2) is 13.0 Å². The van der Waals surface area contributed by atoms with E-state index in [4.69, 9.17) is 0 Å². The average molecular weight is 302 g/mol. The first-order valence-corrected chi connectivity index (χ1v) is 7.77. The maximum atomic E-state index is 12.9. The molecule has 5 nitrogen and oxygen atoms in total. The molecule has 1 saturated heterocycles. The number of benzene rings is 1. The largest absolute Gasteiger partial charge is 0.343 e. The first-order chi connectivity index (χ1) is 9.38. The number of carbonyl (C=O) groups is 2. The van der Waals surface area contributed by atoms with Gasteiger partial charge in [-0.05, 0) is 25.0 Å². The second-order valence-corrected chi connectivity index (χ2v) is 6.94. The molecular weight excluding hydrogens is 290 g/mol. The Balaban J connectivity index is 2.12. The minimum atomic E-state index is -2.64. The molecule has 20 heavy (non-hydrogen) atoms. The van der Waals surface area contributed by atoms with Crippen molar-refractivity contribution in [2.24, 2.45) is 4.36 Å². The summed E-state index contributed by atoms with van der Waals surface area (Å²) in [5, 5.41) is 2.03. The zero-order valence-corrected chi connectivity index (χ0v) is 11.2. The van der Waals surface area contributed by atoms with E-state index in [-0.39, 0.29) is 5.69 Å². The molecule has 0 saturated carbocycles. The third-order valence-electron chi connectivity index (χ3n) is 2.74. The summed E-state index contributed by atoms with van der Waals surface area (Å²) in [5.41, 5.74) is -0.197. The van der Waals surface area contributed by atoms with Crippen molar-refractivity contribution in [1.82, 2.24) is 0 Å². The fourth-order valence-electron chi connectivity index (χ4n) is 1.85. The fraction of sp³-hybridized carbons (Fsp3) is 0.333. The Morgan fingerprint density at radius 1 is 1.10 bits per heavy atom. The quantitative estimate of drug-likeness (QED) is 0.802. The predicted molar refractivity (Wildman–Crippen MR) is 69.5 cm³/mol. The molecule has 0 radical (unpaired) electrons. The second-order valence-electron chi connectivity index (χ2n) is 4.40. The predicted octanol–water partition coefficient (Wildman–Crippen LogP) is 1.69. The summed E-state index contributed by atoms with van der Waals surface area (Å²) in [6.07, 6.45) is 1.40. The normalized spacial score (nSPS) is 16.7. The summed E-state index contributed by atoms with van der Waals surface area (Å²) in [7, 11) is -2.64. The molecule has 0 bridgehead atoms. The smallest absolute Gasteiger partial charge is 0.317 e. The molecule has 1 N–H and O–H groups in total. The van der Waals surface area contributed by atoms with Crippen molar-refractivity contribution in [2.75, 3.05) is 16.8 Å². The van der Waals surface area contributed by atoms with Crippen molar-refractivity contribution in [3.05, 3.63) is 29.8 Å². The summed E-state index contributed by atoms with van der Waals surface area (Å²) >= 11 is 0. The maximum Gasteiger partial charge on any atom is 0.343 e. The van der Waals surface area contributed by atoms with Crippen LogP contribution >= 0.6 is 0 Å². The van der Waals surface area contributed by atoms with Crippen molar-refractivity contribution in [3.63, 3.8) is 0 Å². The number of anilines is 1. The molecule has 1 fully saturated rings. The Morgan fingerprint density at radius 3 is 2.20 bits per heavy atom. The van der Waals surface area contributed by atoms with Crippen LogP contribution in [0.15, 0.2) is 22.6 Å². The van der Waals surface area contributed by atoms with Gasteiger partial charge in [-0.3, -0.25) is 9.59 Å². The molecule has 1 heterocycles. The van der Waals surface area contributed by atoms with E-state index in [1.165, 1.54) is 0 Å². The topological polar surface area (TPSA) is 75.6 Å². The maximum absolute atomic E-state index is 12.9. The van der Waals surface area contributed by atoms with Gasteiger partial charge in [0.25, 0.3) is 0 Å². The number of nitrogens with zero attached hydrogens (tertiary/aromatic N) is 1. The Bertz CT molecular complexity index is 649. The molecular formula is C12H12F2N2O3S. The Kier molecular flexibility index (Phi) is 4.12. The second kappa shape index (κ2) is 5.66. The van der Waals surface area contributed by atoms with E-state index in [2.05, 4.69) is 4.36 Å². The Hall–Kier alpha value is -1.83. The van der Waals surface area contributed by atoms with E-state index in [0.29, 0.717) is 30.4 Å². The van der Waals surface area contributed by atoms with Crippen LogP contribution < -0.4 is 5.32 Å². The van der Waals surface area contributed by atoms with Crippen LogP contribution in [0.25, 0.3) is 0 Å². The summed E-state index contributed by atoms with van der Waals surface area (Å²) < 4.78 is 41.3. The van der Waals surface area contributed by atoms with Gasteiger partial charge in [-0.2, -0.15) is 4.36 Å². The lowest BCUT2D eigenvalue weighted by Crippen LogP contribution is -2.22. The number of amides is 2. The molecule has 1 aliphatic heterocycles. The molecule has 2 amide bonds. The van der Waals surface area contributed by atoms with Crippen LogP contribution in [0, 0.1) is 11.6 Å². The van der Waals surface area contributed by atoms with Gasteiger partial charge in [0.2, 0.25) is 0 Å². The van der Waals surface area contributed by atoms with E-state index >= 15 is 0 Å². The van der Waals surface area contributed by atoms with E-state index in [9.17, 15) is 22.6 Å². The molecule has 0 aliphatic carbocycles. The highest BCUT2D eigenvalue weighted by Gasteiger charge is 2.21. The number of rotatable bonds is 1. The van der Waals surface area contributed by atoms with Crippen LogP contribution in [-0.2, 0) is 19.3 Å². The summed E-state index contributed by atoms with van der Waals surface area (Å²) in [6, 6.07) is 2.37. The van der Waals surface area contributed by atoms with Crippen LogP contribution in [-0.4, -0.2) is 27.5 Å². The molecule has 0 unspecified atom stereocenters. The van der Waals surface area contributed by atoms with E-state index < -0.39 is 33.2 Å². The Morgan fingerprint density at radius 2 is 1.65 bits per heavy atom. The highest BCUT2D eigenvalue weighted by atomic mass is 32.2. The average Bonchev–Trinajstić information content (AvgIpc) is 2.74. The number of hydrogen-bond donors (Lipinski definition) is 1. The SMILES string of the molecule is O=C(N=S1(=O)CCCC1)C(=O)Nc1cc(F)cc(F)c1. The van der Waals surface area contributed by atoms with Crippen molar-refractivity contribution in [2.45, 2.75) is 12.8 Å². The highest BCUT2D eigenvalue weighted by Crippen LogP contribution is 2.15. The number of halogens is 2. The van der Waals surface area contributed by atoms with Gasteiger partial charge in [0.15, 0.2) is 0 Å². The number of nitrogens with one attached hydrogen (secondary N) is 1. The van der Waals surface area contributed by atoms with Gasteiger partial charge in [-0.15, -0.1) is 0 Å². The van der Waals surface area contributed by atoms with Crippen molar-refractivity contribution >= 4 is 27.2 Å². The minimum absolute atomic E-state index is 0.197.